The fraction of sp³-hybridized carbons (Fsp3) is 0.154. The van der Waals surface area contributed by atoms with Crippen LogP contribution in [0, 0.1) is 0 Å². The van der Waals surface area contributed by atoms with Gasteiger partial charge >= 0.3 is 0 Å². The molecule has 1 heterocycles. The summed E-state index contributed by atoms with van der Waals surface area (Å²) in [5.74, 6) is 2.24. The lowest BCUT2D eigenvalue weighted by molar-refractivity contribution is 0.346. The average Bonchev–Trinajstić information content (AvgIpc) is 2.39. The maximum atomic E-state index is 5.80. The normalized spacial score (nSPS) is 9.94. The average molecular weight is 266 g/mol. The van der Waals surface area contributed by atoms with E-state index in [0.29, 0.717) is 28.2 Å². The van der Waals surface area contributed by atoms with Crippen LogP contribution in [0.5, 0.6) is 23.0 Å². The Hall–Kier alpha value is -1.94. The van der Waals surface area contributed by atoms with E-state index in [1.165, 1.54) is 0 Å². The molecule has 4 nitrogen and oxygen atoms in total. The first-order valence-electron chi connectivity index (χ1n) is 5.25. The van der Waals surface area contributed by atoms with Crippen molar-refractivity contribution in [3.05, 3.63) is 41.7 Å². The Morgan fingerprint density at radius 3 is 2.28 bits per heavy atom. The first-order valence-corrected chi connectivity index (χ1v) is 5.63. The van der Waals surface area contributed by atoms with Gasteiger partial charge in [-0.25, -0.2) is 4.98 Å². The van der Waals surface area contributed by atoms with Gasteiger partial charge < -0.3 is 14.2 Å². The predicted octanol–water partition coefficient (Wildman–Crippen LogP) is 3.54. The molecule has 18 heavy (non-hydrogen) atoms. The van der Waals surface area contributed by atoms with E-state index in [9.17, 15) is 0 Å². The molecule has 1 aromatic heterocycles. The van der Waals surface area contributed by atoms with E-state index >= 15 is 0 Å². The number of hydrogen-bond donors (Lipinski definition) is 0. The SMILES string of the molecule is COc1cccc(OC)c1Oc1ccnc(Cl)c1. The van der Waals surface area contributed by atoms with E-state index in [2.05, 4.69) is 4.98 Å². The monoisotopic (exact) mass is 265 g/mol. The summed E-state index contributed by atoms with van der Waals surface area (Å²) in [5.41, 5.74) is 0. The summed E-state index contributed by atoms with van der Waals surface area (Å²) in [6.45, 7) is 0. The molecule has 0 saturated carbocycles. The van der Waals surface area contributed by atoms with E-state index in [0.717, 1.165) is 0 Å². The van der Waals surface area contributed by atoms with E-state index in [1.807, 2.05) is 6.07 Å². The fourth-order valence-electron chi connectivity index (χ4n) is 1.48. The number of aromatic nitrogens is 1. The minimum absolute atomic E-state index is 0.362. The van der Waals surface area contributed by atoms with Crippen molar-refractivity contribution in [2.24, 2.45) is 0 Å². The van der Waals surface area contributed by atoms with Crippen molar-refractivity contribution in [2.75, 3.05) is 14.2 Å². The Balaban J connectivity index is 2.38. The van der Waals surface area contributed by atoms with E-state index in [1.54, 1.807) is 44.7 Å². The van der Waals surface area contributed by atoms with Gasteiger partial charge in [-0.1, -0.05) is 17.7 Å². The number of benzene rings is 1. The summed E-state index contributed by atoms with van der Waals surface area (Å²) in [7, 11) is 3.14. The topological polar surface area (TPSA) is 40.6 Å². The van der Waals surface area contributed by atoms with Crippen LogP contribution in [0.4, 0.5) is 0 Å². The largest absolute Gasteiger partial charge is 0.493 e. The second-order valence-corrected chi connectivity index (χ2v) is 3.80. The van der Waals surface area contributed by atoms with Crippen LogP contribution in [0.25, 0.3) is 0 Å². The molecule has 0 N–H and O–H groups in total. The molecular weight excluding hydrogens is 254 g/mol. The zero-order valence-corrected chi connectivity index (χ0v) is 10.8. The van der Waals surface area contributed by atoms with Crippen LogP contribution in [-0.4, -0.2) is 19.2 Å². The third kappa shape index (κ3) is 2.65. The van der Waals surface area contributed by atoms with Gasteiger partial charge in [-0.2, -0.15) is 0 Å². The van der Waals surface area contributed by atoms with Gasteiger partial charge in [-0.15, -0.1) is 0 Å². The van der Waals surface area contributed by atoms with Crippen molar-refractivity contribution in [3.8, 4) is 23.0 Å². The molecule has 2 rings (SSSR count). The van der Waals surface area contributed by atoms with Crippen LogP contribution in [0.2, 0.25) is 5.15 Å². The Morgan fingerprint density at radius 2 is 1.72 bits per heavy atom. The van der Waals surface area contributed by atoms with Crippen LogP contribution < -0.4 is 14.2 Å². The molecule has 0 unspecified atom stereocenters. The quantitative estimate of drug-likeness (QED) is 0.793. The molecule has 0 saturated heterocycles. The molecule has 5 heteroatoms. The molecule has 0 amide bonds. The highest BCUT2D eigenvalue weighted by Gasteiger charge is 2.12. The molecule has 0 radical (unpaired) electrons. The molecule has 0 aliphatic heterocycles. The number of halogens is 1. The third-order valence-electron chi connectivity index (χ3n) is 2.30. The first-order chi connectivity index (χ1) is 8.74. The number of nitrogens with zero attached hydrogens (tertiary/aromatic N) is 1. The van der Waals surface area contributed by atoms with Gasteiger partial charge in [0.1, 0.15) is 10.9 Å². The number of pyridine rings is 1. The summed E-state index contributed by atoms with van der Waals surface area (Å²) >= 11 is 5.80. The third-order valence-corrected chi connectivity index (χ3v) is 2.51. The Morgan fingerprint density at radius 1 is 1.06 bits per heavy atom. The highest BCUT2D eigenvalue weighted by Crippen LogP contribution is 2.39. The fourth-order valence-corrected chi connectivity index (χ4v) is 1.65. The van der Waals surface area contributed by atoms with Gasteiger partial charge in [0.25, 0.3) is 0 Å². The molecule has 2 aromatic rings. The lowest BCUT2D eigenvalue weighted by Crippen LogP contribution is -1.94. The molecule has 0 aliphatic rings. The van der Waals surface area contributed by atoms with Gasteiger partial charge in [0.15, 0.2) is 11.5 Å². The van der Waals surface area contributed by atoms with Crippen LogP contribution in [0.1, 0.15) is 0 Å². The summed E-state index contributed by atoms with van der Waals surface area (Å²) in [6.07, 6.45) is 1.57. The molecule has 0 bridgehead atoms. The number of ether oxygens (including phenoxy) is 3. The molecule has 0 spiro atoms. The number of para-hydroxylation sites is 1. The molecule has 0 atom stereocenters. The van der Waals surface area contributed by atoms with Crippen molar-refractivity contribution in [1.29, 1.82) is 0 Å². The molecule has 0 fully saturated rings. The van der Waals surface area contributed by atoms with Crippen molar-refractivity contribution in [3.63, 3.8) is 0 Å². The summed E-state index contributed by atoms with van der Waals surface area (Å²) in [6, 6.07) is 8.73. The van der Waals surface area contributed by atoms with Gasteiger partial charge in [0, 0.05) is 12.3 Å². The van der Waals surface area contributed by atoms with Crippen molar-refractivity contribution >= 4 is 11.6 Å². The standard InChI is InChI=1S/C13H12ClNO3/c1-16-10-4-3-5-11(17-2)13(10)18-9-6-7-15-12(14)8-9/h3-8H,1-2H3. The number of hydrogen-bond acceptors (Lipinski definition) is 4. The lowest BCUT2D eigenvalue weighted by atomic mass is 10.3. The molecular formula is C13H12ClNO3. The van der Waals surface area contributed by atoms with Gasteiger partial charge in [0.05, 0.1) is 14.2 Å². The van der Waals surface area contributed by atoms with Crippen molar-refractivity contribution in [1.82, 2.24) is 4.98 Å². The molecule has 1 aromatic carbocycles. The second-order valence-electron chi connectivity index (χ2n) is 3.41. The molecule has 94 valence electrons. The zero-order valence-electron chi connectivity index (χ0n) is 10.0. The maximum Gasteiger partial charge on any atom is 0.210 e. The summed E-state index contributed by atoms with van der Waals surface area (Å²) in [4.78, 5) is 3.89. The summed E-state index contributed by atoms with van der Waals surface area (Å²) in [5, 5.41) is 0.362. The van der Waals surface area contributed by atoms with Crippen LogP contribution in [0.3, 0.4) is 0 Å². The maximum absolute atomic E-state index is 5.80. The van der Waals surface area contributed by atoms with Gasteiger partial charge in [-0.05, 0) is 18.2 Å². The Kier molecular flexibility index (Phi) is 3.89. The van der Waals surface area contributed by atoms with Crippen LogP contribution >= 0.6 is 11.6 Å². The molecule has 0 aliphatic carbocycles. The van der Waals surface area contributed by atoms with Crippen LogP contribution in [-0.2, 0) is 0 Å². The van der Waals surface area contributed by atoms with Crippen LogP contribution in [0.15, 0.2) is 36.5 Å². The number of rotatable bonds is 4. The highest BCUT2D eigenvalue weighted by molar-refractivity contribution is 6.29. The second kappa shape index (κ2) is 5.60. The van der Waals surface area contributed by atoms with Crippen molar-refractivity contribution < 1.29 is 14.2 Å². The number of methoxy groups -OCH3 is 2. The summed E-state index contributed by atoms with van der Waals surface area (Å²) < 4.78 is 16.2. The minimum atomic E-state index is 0.362. The smallest absolute Gasteiger partial charge is 0.210 e. The van der Waals surface area contributed by atoms with E-state index in [4.69, 9.17) is 25.8 Å². The van der Waals surface area contributed by atoms with Crippen molar-refractivity contribution in [2.45, 2.75) is 0 Å². The predicted molar refractivity (Wildman–Crippen MR) is 68.9 cm³/mol. The van der Waals surface area contributed by atoms with E-state index < -0.39 is 0 Å². The minimum Gasteiger partial charge on any atom is -0.493 e. The Labute approximate surface area is 110 Å². The van der Waals surface area contributed by atoms with Gasteiger partial charge in [0.2, 0.25) is 5.75 Å². The first kappa shape index (κ1) is 12.5. The zero-order chi connectivity index (χ0) is 13.0. The van der Waals surface area contributed by atoms with Gasteiger partial charge in [-0.3, -0.25) is 0 Å². The Bertz CT molecular complexity index is 523. The highest BCUT2D eigenvalue weighted by atomic mass is 35.5. The van der Waals surface area contributed by atoms with E-state index in [-0.39, 0.29) is 0 Å². The lowest BCUT2D eigenvalue weighted by Gasteiger charge is -2.13.